The molecule has 0 saturated carbocycles. The highest BCUT2D eigenvalue weighted by Gasteiger charge is 2.08. The lowest BCUT2D eigenvalue weighted by Gasteiger charge is -2.11. The van der Waals surface area contributed by atoms with Crippen LogP contribution in [-0.4, -0.2) is 11.9 Å². The molecule has 3 N–H and O–H groups in total. The summed E-state index contributed by atoms with van der Waals surface area (Å²) >= 11 is 0. The molecule has 0 bridgehead atoms. The monoisotopic (exact) mass is 305 g/mol. The molecule has 5 nitrogen and oxygen atoms in total. The molecule has 0 fully saturated rings. The van der Waals surface area contributed by atoms with E-state index in [0.29, 0.717) is 11.3 Å². The molecule has 0 aliphatic carbocycles. The first kappa shape index (κ1) is 14.6. The first-order valence-corrected chi connectivity index (χ1v) is 7.14. The predicted octanol–water partition coefficient (Wildman–Crippen LogP) is 3.31. The summed E-state index contributed by atoms with van der Waals surface area (Å²) in [5.41, 5.74) is 5.86. The van der Waals surface area contributed by atoms with E-state index in [1.165, 1.54) is 0 Å². The normalized spacial score (nSPS) is 10.1. The van der Waals surface area contributed by atoms with Crippen LogP contribution in [0, 0.1) is 0 Å². The number of rotatable bonds is 2. The highest BCUT2D eigenvalue weighted by molar-refractivity contribution is 6.02. The molecule has 3 rings (SSSR count). The van der Waals surface area contributed by atoms with Gasteiger partial charge in [0, 0.05) is 10.9 Å². The van der Waals surface area contributed by atoms with Gasteiger partial charge in [0.05, 0.1) is 5.69 Å². The summed E-state index contributed by atoms with van der Waals surface area (Å²) in [7, 11) is 0. The first-order valence-electron chi connectivity index (χ1n) is 7.14. The van der Waals surface area contributed by atoms with Gasteiger partial charge in [-0.05, 0) is 23.6 Å². The quantitative estimate of drug-likeness (QED) is 0.636. The van der Waals surface area contributed by atoms with Crippen LogP contribution in [0.25, 0.3) is 10.8 Å². The van der Waals surface area contributed by atoms with Crippen molar-refractivity contribution in [3.8, 4) is 0 Å². The molecule has 0 unspecified atom stereocenters. The van der Waals surface area contributed by atoms with E-state index in [1.807, 2.05) is 42.5 Å². The zero-order valence-corrected chi connectivity index (χ0v) is 12.2. The fourth-order valence-corrected chi connectivity index (χ4v) is 2.26. The molecule has 0 aromatic heterocycles. The fraction of sp³-hybridized carbons (Fsp3) is 0. The Hall–Kier alpha value is -3.34. The Kier molecular flexibility index (Phi) is 4.20. The summed E-state index contributed by atoms with van der Waals surface area (Å²) < 4.78 is 0. The zero-order chi connectivity index (χ0) is 16.1. The molecule has 3 aromatic rings. The van der Waals surface area contributed by atoms with Crippen molar-refractivity contribution in [1.29, 1.82) is 0 Å². The van der Waals surface area contributed by atoms with Gasteiger partial charge < -0.3 is 5.32 Å². The summed E-state index contributed by atoms with van der Waals surface area (Å²) in [6.07, 6.45) is 0. The van der Waals surface area contributed by atoms with E-state index < -0.39 is 6.03 Å². The van der Waals surface area contributed by atoms with Crippen LogP contribution in [0.2, 0.25) is 0 Å². The van der Waals surface area contributed by atoms with Crippen LogP contribution in [-0.2, 0) is 0 Å². The van der Waals surface area contributed by atoms with Crippen molar-refractivity contribution in [2.24, 2.45) is 0 Å². The summed E-state index contributed by atoms with van der Waals surface area (Å²) in [4.78, 5) is 23.8. The predicted molar refractivity (Wildman–Crippen MR) is 90.0 cm³/mol. The minimum Gasteiger partial charge on any atom is -0.306 e. The van der Waals surface area contributed by atoms with Gasteiger partial charge in [-0.2, -0.15) is 0 Å². The van der Waals surface area contributed by atoms with Crippen LogP contribution < -0.4 is 16.2 Å². The van der Waals surface area contributed by atoms with Crippen molar-refractivity contribution in [2.75, 3.05) is 5.32 Å². The van der Waals surface area contributed by atoms with Crippen LogP contribution in [0.5, 0.6) is 0 Å². The number of carbonyl (C=O) groups excluding carboxylic acids is 2. The highest BCUT2D eigenvalue weighted by Crippen LogP contribution is 2.22. The third-order valence-corrected chi connectivity index (χ3v) is 3.36. The third-order valence-electron chi connectivity index (χ3n) is 3.36. The number of amides is 3. The molecular weight excluding hydrogens is 290 g/mol. The second-order valence-electron chi connectivity index (χ2n) is 4.93. The topological polar surface area (TPSA) is 70.2 Å². The minimum absolute atomic E-state index is 0.376. The van der Waals surface area contributed by atoms with E-state index in [4.69, 9.17) is 0 Å². The molecule has 0 spiro atoms. The number of urea groups is 1. The Morgan fingerprint density at radius 1 is 0.696 bits per heavy atom. The third kappa shape index (κ3) is 3.47. The fourth-order valence-electron chi connectivity index (χ4n) is 2.26. The van der Waals surface area contributed by atoms with Gasteiger partial charge in [-0.1, -0.05) is 54.6 Å². The lowest BCUT2D eigenvalue weighted by molar-refractivity contribution is 0.0938. The summed E-state index contributed by atoms with van der Waals surface area (Å²) in [5.74, 6) is -0.376. The number of hydrazine groups is 1. The van der Waals surface area contributed by atoms with Crippen LogP contribution in [0.1, 0.15) is 10.4 Å². The van der Waals surface area contributed by atoms with Crippen molar-refractivity contribution < 1.29 is 9.59 Å². The van der Waals surface area contributed by atoms with Crippen LogP contribution >= 0.6 is 0 Å². The Labute approximate surface area is 133 Å². The van der Waals surface area contributed by atoms with E-state index in [9.17, 15) is 9.59 Å². The Morgan fingerprint density at radius 3 is 2.22 bits per heavy atom. The number of fused-ring (bicyclic) bond motifs is 1. The lowest BCUT2D eigenvalue weighted by atomic mass is 10.1. The van der Waals surface area contributed by atoms with Crippen molar-refractivity contribution in [3.05, 3.63) is 78.4 Å². The molecule has 114 valence electrons. The van der Waals surface area contributed by atoms with Crippen molar-refractivity contribution in [1.82, 2.24) is 10.9 Å². The Bertz CT molecular complexity index is 842. The van der Waals surface area contributed by atoms with Crippen molar-refractivity contribution >= 4 is 28.4 Å². The molecule has 0 aliphatic heterocycles. The first-order chi connectivity index (χ1) is 11.2. The van der Waals surface area contributed by atoms with Gasteiger partial charge in [-0.15, -0.1) is 0 Å². The summed E-state index contributed by atoms with van der Waals surface area (Å²) in [5, 5.41) is 4.68. The molecular formula is C18H15N3O2. The number of nitrogens with one attached hydrogen (secondary N) is 3. The van der Waals surface area contributed by atoms with E-state index in [2.05, 4.69) is 16.2 Å². The minimum atomic E-state index is -0.509. The van der Waals surface area contributed by atoms with Gasteiger partial charge in [0.2, 0.25) is 0 Å². The maximum Gasteiger partial charge on any atom is 0.337 e. The molecule has 23 heavy (non-hydrogen) atoms. The van der Waals surface area contributed by atoms with E-state index >= 15 is 0 Å². The van der Waals surface area contributed by atoms with Gasteiger partial charge in [0.25, 0.3) is 5.91 Å². The number of anilines is 1. The van der Waals surface area contributed by atoms with Crippen LogP contribution in [0.4, 0.5) is 10.5 Å². The molecule has 3 aromatic carbocycles. The molecule has 0 atom stereocenters. The second-order valence-corrected chi connectivity index (χ2v) is 4.93. The second kappa shape index (κ2) is 6.62. The van der Waals surface area contributed by atoms with Crippen LogP contribution in [0.15, 0.2) is 72.8 Å². The maximum absolute atomic E-state index is 12.0. The SMILES string of the molecule is O=C(NNC(=O)c1ccccc1)Nc1cccc2ccccc12. The molecule has 0 aliphatic rings. The highest BCUT2D eigenvalue weighted by atomic mass is 16.2. The molecule has 0 radical (unpaired) electrons. The van der Waals surface area contributed by atoms with Crippen molar-refractivity contribution in [3.63, 3.8) is 0 Å². The smallest absolute Gasteiger partial charge is 0.306 e. The Morgan fingerprint density at radius 2 is 1.39 bits per heavy atom. The van der Waals surface area contributed by atoms with Gasteiger partial charge in [0.15, 0.2) is 0 Å². The average Bonchev–Trinajstić information content (AvgIpc) is 2.61. The Balaban J connectivity index is 1.64. The van der Waals surface area contributed by atoms with Gasteiger partial charge in [-0.25, -0.2) is 10.2 Å². The van der Waals surface area contributed by atoms with E-state index in [-0.39, 0.29) is 5.91 Å². The van der Waals surface area contributed by atoms with E-state index in [1.54, 1.807) is 30.3 Å². The molecule has 3 amide bonds. The number of carbonyl (C=O) groups is 2. The molecule has 0 saturated heterocycles. The van der Waals surface area contributed by atoms with E-state index in [0.717, 1.165) is 10.8 Å². The molecule has 0 heterocycles. The summed E-state index contributed by atoms with van der Waals surface area (Å²) in [6, 6.07) is 21.5. The van der Waals surface area contributed by atoms with Gasteiger partial charge in [0.1, 0.15) is 0 Å². The number of benzene rings is 3. The van der Waals surface area contributed by atoms with Crippen molar-refractivity contribution in [2.45, 2.75) is 0 Å². The van der Waals surface area contributed by atoms with Crippen LogP contribution in [0.3, 0.4) is 0 Å². The van der Waals surface area contributed by atoms with Gasteiger partial charge >= 0.3 is 6.03 Å². The lowest BCUT2D eigenvalue weighted by Crippen LogP contribution is -2.43. The standard InChI is InChI=1S/C18H15N3O2/c22-17(14-8-2-1-3-9-14)20-21-18(23)19-16-12-6-10-13-7-4-5-11-15(13)16/h1-12H,(H,20,22)(H2,19,21,23). The number of hydrogen-bond donors (Lipinski definition) is 3. The molecule has 5 heteroatoms. The average molecular weight is 305 g/mol. The number of hydrogen-bond acceptors (Lipinski definition) is 2. The largest absolute Gasteiger partial charge is 0.337 e. The van der Waals surface area contributed by atoms with Gasteiger partial charge in [-0.3, -0.25) is 10.2 Å². The zero-order valence-electron chi connectivity index (χ0n) is 12.2. The maximum atomic E-state index is 12.0. The summed E-state index contributed by atoms with van der Waals surface area (Å²) in [6.45, 7) is 0.